The van der Waals surface area contributed by atoms with Crippen molar-refractivity contribution in [3.63, 3.8) is 0 Å². The average molecular weight is 589 g/mol. The van der Waals surface area contributed by atoms with E-state index in [9.17, 15) is 18.3 Å². The maximum absolute atomic E-state index is 13.9. The van der Waals surface area contributed by atoms with Crippen LogP contribution in [0.25, 0.3) is 11.3 Å². The van der Waals surface area contributed by atoms with Gasteiger partial charge in [0, 0.05) is 43.9 Å². The van der Waals surface area contributed by atoms with Crippen LogP contribution in [0.1, 0.15) is 46.5 Å². The fourth-order valence-electron chi connectivity index (χ4n) is 5.76. The van der Waals surface area contributed by atoms with Gasteiger partial charge in [-0.05, 0) is 43.6 Å². The van der Waals surface area contributed by atoms with E-state index in [2.05, 4.69) is 68.6 Å². The zero-order valence-electron chi connectivity index (χ0n) is 24.5. The van der Waals surface area contributed by atoms with E-state index in [1.807, 2.05) is 31.2 Å². The SMILES string of the molecule is Cc1ccc(-c2ccc([C@H](O)CNCCCN3CCN(C(c4ccccc4)c4ccccc4)CC3)c(C(F)(F)F)n2)cc1. The number of halogens is 3. The van der Waals surface area contributed by atoms with Crippen molar-refractivity contribution in [1.82, 2.24) is 20.1 Å². The van der Waals surface area contributed by atoms with Crippen LogP contribution in [0, 0.1) is 6.92 Å². The number of nitrogens with one attached hydrogen (secondary N) is 1. The van der Waals surface area contributed by atoms with Gasteiger partial charge in [0.1, 0.15) is 0 Å². The largest absolute Gasteiger partial charge is 0.433 e. The summed E-state index contributed by atoms with van der Waals surface area (Å²) in [7, 11) is 0. The molecule has 3 aromatic carbocycles. The molecule has 2 N–H and O–H groups in total. The molecule has 0 aliphatic carbocycles. The summed E-state index contributed by atoms with van der Waals surface area (Å²) in [5, 5.41) is 13.8. The number of pyridine rings is 1. The van der Waals surface area contributed by atoms with Gasteiger partial charge in [-0.2, -0.15) is 13.2 Å². The van der Waals surface area contributed by atoms with Crippen molar-refractivity contribution in [2.24, 2.45) is 0 Å². The van der Waals surface area contributed by atoms with Gasteiger partial charge in [0.25, 0.3) is 0 Å². The van der Waals surface area contributed by atoms with Crippen molar-refractivity contribution >= 4 is 0 Å². The number of rotatable bonds is 11. The lowest BCUT2D eigenvalue weighted by molar-refractivity contribution is -0.142. The van der Waals surface area contributed by atoms with Gasteiger partial charge < -0.3 is 15.3 Å². The molecule has 2 heterocycles. The zero-order chi connectivity index (χ0) is 30.2. The van der Waals surface area contributed by atoms with Gasteiger partial charge in [-0.1, -0.05) is 96.6 Å². The lowest BCUT2D eigenvalue weighted by Crippen LogP contribution is -2.48. The van der Waals surface area contributed by atoms with Gasteiger partial charge in [-0.25, -0.2) is 4.98 Å². The van der Waals surface area contributed by atoms with Crippen LogP contribution in [0.15, 0.2) is 97.1 Å². The normalized spacial score (nSPS) is 15.6. The first-order chi connectivity index (χ1) is 20.8. The number of hydrogen-bond donors (Lipinski definition) is 2. The van der Waals surface area contributed by atoms with E-state index < -0.39 is 18.0 Å². The number of benzene rings is 3. The van der Waals surface area contributed by atoms with Crippen LogP contribution >= 0.6 is 0 Å². The Hall–Kier alpha value is -3.56. The van der Waals surface area contributed by atoms with Crippen LogP contribution in [0.5, 0.6) is 0 Å². The van der Waals surface area contributed by atoms with Gasteiger partial charge in [0.05, 0.1) is 17.8 Å². The number of piperazine rings is 1. The number of aliphatic hydroxyl groups excluding tert-OH is 1. The predicted molar refractivity (Wildman–Crippen MR) is 165 cm³/mol. The Morgan fingerprint density at radius 1 is 0.814 bits per heavy atom. The van der Waals surface area contributed by atoms with Crippen molar-refractivity contribution in [1.29, 1.82) is 0 Å². The third kappa shape index (κ3) is 8.09. The number of aliphatic hydroxyl groups is 1. The molecular formula is C35H39F3N4O. The molecule has 5 nitrogen and oxygen atoms in total. The van der Waals surface area contributed by atoms with Crippen LogP contribution in [-0.4, -0.2) is 65.7 Å². The fourth-order valence-corrected chi connectivity index (χ4v) is 5.76. The molecule has 1 atom stereocenters. The van der Waals surface area contributed by atoms with Crippen molar-refractivity contribution in [2.75, 3.05) is 45.8 Å². The first-order valence-corrected chi connectivity index (χ1v) is 14.9. The molecule has 5 rings (SSSR count). The molecule has 0 saturated carbocycles. The molecule has 1 saturated heterocycles. The first-order valence-electron chi connectivity index (χ1n) is 14.9. The van der Waals surface area contributed by atoms with E-state index >= 15 is 0 Å². The molecule has 0 bridgehead atoms. The predicted octanol–water partition coefficient (Wildman–Crippen LogP) is 6.50. The van der Waals surface area contributed by atoms with Gasteiger partial charge >= 0.3 is 6.18 Å². The number of hydrogen-bond acceptors (Lipinski definition) is 5. The third-order valence-electron chi connectivity index (χ3n) is 8.07. The highest BCUT2D eigenvalue weighted by Gasteiger charge is 2.37. The minimum atomic E-state index is -4.67. The highest BCUT2D eigenvalue weighted by Crippen LogP contribution is 2.35. The maximum atomic E-state index is 13.9. The molecule has 0 unspecified atom stereocenters. The van der Waals surface area contributed by atoms with Gasteiger partial charge in [-0.15, -0.1) is 0 Å². The molecule has 4 aromatic rings. The summed E-state index contributed by atoms with van der Waals surface area (Å²) >= 11 is 0. The molecule has 1 aliphatic rings. The Morgan fingerprint density at radius 2 is 1.42 bits per heavy atom. The monoisotopic (exact) mass is 588 g/mol. The molecule has 1 fully saturated rings. The Morgan fingerprint density at radius 3 is 2.00 bits per heavy atom. The summed E-state index contributed by atoms with van der Waals surface area (Å²) < 4.78 is 41.7. The lowest BCUT2D eigenvalue weighted by atomic mass is 9.96. The van der Waals surface area contributed by atoms with Crippen LogP contribution in [0.4, 0.5) is 13.2 Å². The van der Waals surface area contributed by atoms with Crippen molar-refractivity contribution in [3.05, 3.63) is 125 Å². The lowest BCUT2D eigenvalue weighted by Gasteiger charge is -2.40. The second-order valence-electron chi connectivity index (χ2n) is 11.2. The van der Waals surface area contributed by atoms with Crippen LogP contribution in [0.3, 0.4) is 0 Å². The first kappa shape index (κ1) is 30.9. The number of alkyl halides is 3. The molecule has 1 aromatic heterocycles. The van der Waals surface area contributed by atoms with Crippen LogP contribution in [-0.2, 0) is 6.18 Å². The summed E-state index contributed by atoms with van der Waals surface area (Å²) in [5.41, 5.74) is 3.18. The van der Waals surface area contributed by atoms with E-state index in [1.165, 1.54) is 23.3 Å². The van der Waals surface area contributed by atoms with Gasteiger partial charge in [-0.3, -0.25) is 4.90 Å². The summed E-state index contributed by atoms with van der Waals surface area (Å²) in [4.78, 5) is 8.87. The van der Waals surface area contributed by atoms with E-state index in [-0.39, 0.29) is 23.8 Å². The van der Waals surface area contributed by atoms with E-state index in [1.54, 1.807) is 12.1 Å². The zero-order valence-corrected chi connectivity index (χ0v) is 24.5. The maximum Gasteiger partial charge on any atom is 0.433 e. The highest BCUT2D eigenvalue weighted by atomic mass is 19.4. The Kier molecular flexibility index (Phi) is 10.3. The van der Waals surface area contributed by atoms with E-state index in [4.69, 9.17) is 0 Å². The van der Waals surface area contributed by atoms with Crippen LogP contribution in [0.2, 0.25) is 0 Å². The second-order valence-corrected chi connectivity index (χ2v) is 11.2. The van der Waals surface area contributed by atoms with Crippen molar-refractivity contribution < 1.29 is 18.3 Å². The number of aromatic nitrogens is 1. The minimum absolute atomic E-state index is 0.0260. The van der Waals surface area contributed by atoms with E-state index in [0.717, 1.165) is 44.7 Å². The van der Waals surface area contributed by atoms with Gasteiger partial charge in [0.15, 0.2) is 5.69 Å². The molecule has 0 spiro atoms. The highest BCUT2D eigenvalue weighted by molar-refractivity contribution is 5.60. The summed E-state index contributed by atoms with van der Waals surface area (Å²) in [6, 6.07) is 31.5. The second kappa shape index (κ2) is 14.3. The fraction of sp³-hybridized carbons (Fsp3) is 0.343. The Balaban J connectivity index is 1.10. The molecular weight excluding hydrogens is 549 g/mol. The smallest absolute Gasteiger partial charge is 0.387 e. The summed E-state index contributed by atoms with van der Waals surface area (Å²) in [6.07, 6.45) is -5.14. The third-order valence-corrected chi connectivity index (χ3v) is 8.07. The van der Waals surface area contributed by atoms with Crippen LogP contribution < -0.4 is 5.32 Å². The van der Waals surface area contributed by atoms with Crippen molar-refractivity contribution in [2.45, 2.75) is 31.7 Å². The molecule has 8 heteroatoms. The van der Waals surface area contributed by atoms with E-state index in [0.29, 0.717) is 12.1 Å². The minimum Gasteiger partial charge on any atom is -0.387 e. The van der Waals surface area contributed by atoms with Crippen molar-refractivity contribution in [3.8, 4) is 11.3 Å². The summed E-state index contributed by atoms with van der Waals surface area (Å²) in [5.74, 6) is 0. The summed E-state index contributed by atoms with van der Waals surface area (Å²) in [6.45, 7) is 7.23. The molecule has 226 valence electrons. The van der Waals surface area contributed by atoms with Gasteiger partial charge in [0.2, 0.25) is 0 Å². The molecule has 0 radical (unpaired) electrons. The number of nitrogens with zero attached hydrogens (tertiary/aromatic N) is 3. The quantitative estimate of drug-likeness (QED) is 0.196. The average Bonchev–Trinajstić information content (AvgIpc) is 3.02. The topological polar surface area (TPSA) is 51.6 Å². The Labute approximate surface area is 252 Å². The molecule has 1 aliphatic heterocycles. The molecule has 43 heavy (non-hydrogen) atoms. The Bertz CT molecular complexity index is 1380. The number of aryl methyl sites for hydroxylation is 1. The standard InChI is InChI=1S/C35H39F3N4O/c1-26-13-15-27(16-14-26)31-18-17-30(34(40-31)35(36,37)38)32(43)25-39-19-8-20-41-21-23-42(24-22-41)33(28-9-4-2-5-10-28)29-11-6-3-7-12-29/h2-7,9-18,32-33,39,43H,8,19-25H2,1H3/t32-/m1/s1. The molecule has 0 amide bonds.